The molecule has 2 aliphatic heterocycles. The monoisotopic (exact) mass is 803 g/mol. The van der Waals surface area contributed by atoms with Gasteiger partial charge in [0.15, 0.2) is 0 Å². The van der Waals surface area contributed by atoms with Gasteiger partial charge in [0, 0.05) is 79.8 Å². The van der Waals surface area contributed by atoms with Crippen LogP contribution in [0.2, 0.25) is 0 Å². The van der Waals surface area contributed by atoms with E-state index in [-0.39, 0.29) is 22.4 Å². The molecule has 5 N–H and O–H groups in total. The van der Waals surface area contributed by atoms with Gasteiger partial charge in [-0.3, -0.25) is 9.79 Å². The van der Waals surface area contributed by atoms with E-state index in [1.54, 1.807) is 24.3 Å². The van der Waals surface area contributed by atoms with Crippen molar-refractivity contribution in [3.63, 3.8) is 0 Å². The summed E-state index contributed by atoms with van der Waals surface area (Å²) in [5, 5.41) is 34.3. The number of aliphatic hydroxyl groups is 1. The van der Waals surface area contributed by atoms with Gasteiger partial charge in [0.25, 0.3) is 0 Å². The highest BCUT2D eigenvalue weighted by molar-refractivity contribution is 6.15. The summed E-state index contributed by atoms with van der Waals surface area (Å²) in [4.78, 5) is 49.5. The standard InChI is InChI=1S/C26H26N2O3.C10H6O5.C9H13NO.CH4O/c1-5-27-21-13-23-19(11-15(21)3)25(17-9-7-8-10-18(17)26(29)30)20-12-16(4)22(28-6-2)14-24(20)31-23;1-5(11)14-6-2-3-7-8(4-6)10(13)15-9(7)12;1-3-10-9-6-8(11)5-4-7(9)2;1-2/h7-14,27H,5-6H2,1-4H3,(H,29,30);2-4H,1H3;4-6,10-11H,3H2,1-2H3;2H,1H3. The number of nitrogens with one attached hydrogen (secondary N) is 2. The number of aromatic hydroxyl groups is 1. The van der Waals surface area contributed by atoms with Crippen LogP contribution in [0, 0.1) is 20.8 Å². The van der Waals surface area contributed by atoms with Crippen LogP contribution in [-0.2, 0) is 9.53 Å². The number of hydrogen-bond donors (Lipinski definition) is 5. The third-order valence-corrected chi connectivity index (χ3v) is 8.97. The number of rotatable bonds is 8. The summed E-state index contributed by atoms with van der Waals surface area (Å²) in [5.41, 5.74) is 8.98. The Kier molecular flexibility index (Phi) is 15.5. The Morgan fingerprint density at radius 3 is 2.03 bits per heavy atom. The molecule has 4 aromatic rings. The molecule has 0 radical (unpaired) electrons. The maximum atomic E-state index is 12.0. The molecule has 13 heteroatoms. The van der Waals surface area contributed by atoms with E-state index >= 15 is 0 Å². The van der Waals surface area contributed by atoms with Crippen molar-refractivity contribution in [2.24, 2.45) is 4.99 Å². The number of carboxylic acids is 1. The van der Waals surface area contributed by atoms with E-state index < -0.39 is 23.9 Å². The molecule has 7 rings (SSSR count). The van der Waals surface area contributed by atoms with E-state index in [9.17, 15) is 24.3 Å². The number of cyclic esters (lactones) is 2. The zero-order valence-electron chi connectivity index (χ0n) is 34.4. The number of carbonyl (C=O) groups is 4. The predicted molar refractivity (Wildman–Crippen MR) is 228 cm³/mol. The lowest BCUT2D eigenvalue weighted by Crippen LogP contribution is -2.09. The van der Waals surface area contributed by atoms with E-state index in [1.807, 2.05) is 71.0 Å². The normalized spacial score (nSPS) is 11.6. The second kappa shape index (κ2) is 20.4. The fraction of sp³-hybridized carbons (Fsp3) is 0.239. The maximum absolute atomic E-state index is 12.0. The van der Waals surface area contributed by atoms with Crippen LogP contribution >= 0.6 is 0 Å². The van der Waals surface area contributed by atoms with Crippen LogP contribution in [0.25, 0.3) is 33.4 Å². The molecule has 0 bridgehead atoms. The van der Waals surface area contributed by atoms with Crippen molar-refractivity contribution in [3.8, 4) is 33.9 Å². The molecule has 0 fully saturated rings. The van der Waals surface area contributed by atoms with Gasteiger partial charge in [-0.2, -0.15) is 0 Å². The van der Waals surface area contributed by atoms with Crippen LogP contribution in [0.15, 0.2) is 94.3 Å². The van der Waals surface area contributed by atoms with Gasteiger partial charge in [0.05, 0.1) is 22.0 Å². The highest BCUT2D eigenvalue weighted by Crippen LogP contribution is 2.43. The first-order valence-electron chi connectivity index (χ1n) is 18.9. The Morgan fingerprint density at radius 2 is 1.39 bits per heavy atom. The number of aliphatic hydroxyl groups excluding tert-OH is 1. The van der Waals surface area contributed by atoms with Gasteiger partial charge in [-0.25, -0.2) is 14.4 Å². The Morgan fingerprint density at radius 1 is 0.729 bits per heavy atom. The minimum Gasteiger partial charge on any atom is -0.508 e. The Bertz CT molecular complexity index is 2540. The van der Waals surface area contributed by atoms with Crippen molar-refractivity contribution < 1.29 is 48.4 Å². The van der Waals surface area contributed by atoms with Crippen LogP contribution in [0.5, 0.6) is 11.5 Å². The predicted octanol–water partition coefficient (Wildman–Crippen LogP) is 8.54. The summed E-state index contributed by atoms with van der Waals surface area (Å²) in [7, 11) is 1.00. The number of phenols is 1. The second-order valence-electron chi connectivity index (χ2n) is 13.1. The number of carboxylic acid groups (broad SMARTS) is 1. The number of ether oxygens (including phenoxy) is 2. The number of aryl methyl sites for hydroxylation is 3. The minimum absolute atomic E-state index is 0.124. The maximum Gasteiger partial charge on any atom is 0.347 e. The lowest BCUT2D eigenvalue weighted by atomic mass is 9.89. The fourth-order valence-corrected chi connectivity index (χ4v) is 6.37. The number of hydrogen-bond acceptors (Lipinski definition) is 12. The van der Waals surface area contributed by atoms with Gasteiger partial charge >= 0.3 is 23.9 Å². The highest BCUT2D eigenvalue weighted by atomic mass is 16.6. The second-order valence-corrected chi connectivity index (χ2v) is 13.1. The van der Waals surface area contributed by atoms with Crippen molar-refractivity contribution in [2.45, 2.75) is 48.5 Å². The number of esters is 3. The topological polar surface area (TPSA) is 197 Å². The first-order valence-corrected chi connectivity index (χ1v) is 18.9. The Labute approximate surface area is 342 Å². The molecule has 13 nitrogen and oxygen atoms in total. The molecule has 0 unspecified atom stereocenters. The molecule has 0 amide bonds. The minimum atomic E-state index is -0.951. The average molecular weight is 804 g/mol. The molecule has 3 aliphatic rings. The van der Waals surface area contributed by atoms with Gasteiger partial charge in [-0.05, 0) is 106 Å². The number of carbonyl (C=O) groups excluding carboxylic acids is 3. The van der Waals surface area contributed by atoms with Crippen LogP contribution in [0.4, 0.5) is 11.4 Å². The molecule has 1 aliphatic carbocycles. The fourth-order valence-electron chi connectivity index (χ4n) is 6.37. The number of fused-ring (bicyclic) bond motifs is 3. The number of nitrogens with zero attached hydrogens (tertiary/aromatic N) is 1. The van der Waals surface area contributed by atoms with Crippen LogP contribution in [-0.4, -0.2) is 65.9 Å². The van der Waals surface area contributed by atoms with Crippen molar-refractivity contribution in [1.82, 2.24) is 0 Å². The van der Waals surface area contributed by atoms with E-state index in [0.29, 0.717) is 29.2 Å². The quantitative estimate of drug-likeness (QED) is 0.0426. The molecule has 0 saturated heterocycles. The molecule has 59 heavy (non-hydrogen) atoms. The first-order chi connectivity index (χ1) is 28.3. The van der Waals surface area contributed by atoms with Gasteiger partial charge < -0.3 is 39.8 Å². The Balaban J connectivity index is 0.000000226. The van der Waals surface area contributed by atoms with E-state index in [1.165, 1.54) is 25.1 Å². The van der Waals surface area contributed by atoms with Crippen molar-refractivity contribution >= 4 is 46.2 Å². The van der Waals surface area contributed by atoms with Gasteiger partial charge in [-0.15, -0.1) is 0 Å². The molecule has 0 spiro atoms. The highest BCUT2D eigenvalue weighted by Gasteiger charge is 2.30. The summed E-state index contributed by atoms with van der Waals surface area (Å²) in [6, 6.07) is 24.7. The molecule has 0 saturated carbocycles. The van der Waals surface area contributed by atoms with Gasteiger partial charge in [0.1, 0.15) is 22.8 Å². The summed E-state index contributed by atoms with van der Waals surface area (Å²) < 4.78 is 15.5. The molecule has 2 heterocycles. The van der Waals surface area contributed by atoms with Crippen LogP contribution < -0.4 is 20.7 Å². The molecule has 0 aromatic heterocycles. The zero-order valence-corrected chi connectivity index (χ0v) is 34.4. The molecular formula is C46H49N3O10. The van der Waals surface area contributed by atoms with E-state index in [0.717, 1.165) is 70.1 Å². The largest absolute Gasteiger partial charge is 0.508 e. The zero-order chi connectivity index (χ0) is 43.4. The third-order valence-electron chi connectivity index (χ3n) is 8.97. The molecule has 4 aromatic carbocycles. The number of phenolic OH excluding ortho intramolecular Hbond substituents is 1. The number of aromatic carboxylic acids is 1. The van der Waals surface area contributed by atoms with Crippen LogP contribution in [0.3, 0.4) is 0 Å². The van der Waals surface area contributed by atoms with Gasteiger partial charge in [-0.1, -0.05) is 24.3 Å². The average Bonchev–Trinajstić information content (AvgIpc) is 3.49. The van der Waals surface area contributed by atoms with Crippen molar-refractivity contribution in [2.75, 3.05) is 37.4 Å². The first kappa shape index (κ1) is 44.7. The Hall–Kier alpha value is -6.99. The van der Waals surface area contributed by atoms with E-state index in [4.69, 9.17) is 19.4 Å². The van der Waals surface area contributed by atoms with E-state index in [2.05, 4.69) is 33.4 Å². The summed E-state index contributed by atoms with van der Waals surface area (Å²) in [6.07, 6.45) is 0. The lowest BCUT2D eigenvalue weighted by molar-refractivity contribution is -0.131. The van der Waals surface area contributed by atoms with Crippen molar-refractivity contribution in [3.05, 3.63) is 124 Å². The van der Waals surface area contributed by atoms with Crippen LogP contribution in [0.1, 0.15) is 75.5 Å². The summed E-state index contributed by atoms with van der Waals surface area (Å²) >= 11 is 0. The molecule has 308 valence electrons. The SMILES string of the molecule is CC(=O)Oc1ccc2c(c1)C(=O)OC2=O.CCN=c1cc2oc3cc(NCC)c(C)cc3c(-c3ccccc3C(=O)O)c-2cc1C.CCNc1cc(O)ccc1C.CO. The number of anilines is 2. The van der Waals surface area contributed by atoms with Crippen molar-refractivity contribution in [1.29, 1.82) is 0 Å². The number of benzene rings is 5. The smallest absolute Gasteiger partial charge is 0.347 e. The summed E-state index contributed by atoms with van der Waals surface area (Å²) in [6.45, 7) is 15.8. The lowest BCUT2D eigenvalue weighted by Gasteiger charge is -2.19. The third kappa shape index (κ3) is 10.7. The molecule has 0 atom stereocenters. The molecular weight excluding hydrogens is 755 g/mol. The summed E-state index contributed by atoms with van der Waals surface area (Å²) in [5.74, 6) is -1.62. The van der Waals surface area contributed by atoms with Gasteiger partial charge in [0.2, 0.25) is 0 Å².